The minimum atomic E-state index is -0.944. The topological polar surface area (TPSA) is 51.5 Å². The Morgan fingerprint density at radius 3 is 2.27 bits per heavy atom. The van der Waals surface area contributed by atoms with Crippen molar-refractivity contribution in [3.05, 3.63) is 131 Å². The Labute approximate surface area is 244 Å². The summed E-state index contributed by atoms with van der Waals surface area (Å²) in [5, 5.41) is 10.4. The van der Waals surface area contributed by atoms with E-state index >= 15 is 0 Å². The standard InChI is InChI=1S/C35H34FNO3S/c1-35(2,20-21-41-3)33-29(22-24-12-14-26(15-13-24)34(38)39)32-30(37(33)28-18-16-27(36)17-19-28)10-7-11-31(32)40-23-25-8-5-4-6-9-25/h4-19H,20-23H2,1-3H3,(H,38,39). The van der Waals surface area contributed by atoms with Crippen LogP contribution in [-0.4, -0.2) is 27.7 Å². The highest BCUT2D eigenvalue weighted by Crippen LogP contribution is 2.43. The van der Waals surface area contributed by atoms with Crippen LogP contribution in [0.1, 0.15) is 53.0 Å². The van der Waals surface area contributed by atoms with Crippen LogP contribution in [0.5, 0.6) is 5.75 Å². The summed E-state index contributed by atoms with van der Waals surface area (Å²) in [6.07, 6.45) is 3.65. The maximum atomic E-state index is 14.1. The van der Waals surface area contributed by atoms with E-state index in [0.717, 1.165) is 56.9 Å². The van der Waals surface area contributed by atoms with Gasteiger partial charge in [0, 0.05) is 28.6 Å². The summed E-state index contributed by atoms with van der Waals surface area (Å²) in [6, 6.07) is 29.9. The molecule has 0 spiro atoms. The van der Waals surface area contributed by atoms with E-state index in [4.69, 9.17) is 4.74 Å². The summed E-state index contributed by atoms with van der Waals surface area (Å²) in [5.41, 5.74) is 6.26. The summed E-state index contributed by atoms with van der Waals surface area (Å²) in [4.78, 5) is 11.5. The number of aromatic carboxylic acids is 1. The lowest BCUT2D eigenvalue weighted by Gasteiger charge is -2.29. The number of benzene rings is 4. The molecular formula is C35H34FNO3S. The average Bonchev–Trinajstić information content (AvgIpc) is 3.31. The molecule has 4 aromatic carbocycles. The molecule has 0 bridgehead atoms. The highest BCUT2D eigenvalue weighted by atomic mass is 32.2. The number of carbonyl (C=O) groups is 1. The monoisotopic (exact) mass is 567 g/mol. The van der Waals surface area contributed by atoms with Gasteiger partial charge in [-0.3, -0.25) is 0 Å². The predicted octanol–water partition coefficient (Wildman–Crippen LogP) is 8.67. The molecule has 210 valence electrons. The molecule has 0 amide bonds. The number of carboxylic acid groups (broad SMARTS) is 1. The number of thioether (sulfide) groups is 1. The molecule has 5 rings (SSSR count). The van der Waals surface area contributed by atoms with Gasteiger partial charge in [-0.05, 0) is 83.7 Å². The minimum absolute atomic E-state index is 0.233. The molecule has 0 atom stereocenters. The van der Waals surface area contributed by atoms with Gasteiger partial charge in [0.2, 0.25) is 0 Å². The number of aromatic nitrogens is 1. The van der Waals surface area contributed by atoms with Crippen molar-refractivity contribution in [2.45, 2.75) is 38.7 Å². The second-order valence-electron chi connectivity index (χ2n) is 10.9. The highest BCUT2D eigenvalue weighted by Gasteiger charge is 2.32. The first-order chi connectivity index (χ1) is 19.8. The Hall–Kier alpha value is -4.03. The van der Waals surface area contributed by atoms with Gasteiger partial charge in [-0.15, -0.1) is 0 Å². The summed E-state index contributed by atoms with van der Waals surface area (Å²) >= 11 is 1.82. The Balaban J connectivity index is 1.75. The minimum Gasteiger partial charge on any atom is -0.488 e. The van der Waals surface area contributed by atoms with E-state index in [-0.39, 0.29) is 16.8 Å². The Morgan fingerprint density at radius 1 is 0.902 bits per heavy atom. The van der Waals surface area contributed by atoms with Crippen LogP contribution >= 0.6 is 11.8 Å². The van der Waals surface area contributed by atoms with Crippen LogP contribution in [0.15, 0.2) is 97.1 Å². The van der Waals surface area contributed by atoms with Gasteiger partial charge in [0.25, 0.3) is 0 Å². The van der Waals surface area contributed by atoms with E-state index in [0.29, 0.717) is 13.0 Å². The van der Waals surface area contributed by atoms with Gasteiger partial charge in [-0.1, -0.05) is 62.4 Å². The first kappa shape index (κ1) is 28.5. The smallest absolute Gasteiger partial charge is 0.335 e. The first-order valence-corrected chi connectivity index (χ1v) is 15.1. The van der Waals surface area contributed by atoms with Gasteiger partial charge in [0.1, 0.15) is 18.2 Å². The molecular weight excluding hydrogens is 533 g/mol. The Kier molecular flexibility index (Phi) is 8.50. The van der Waals surface area contributed by atoms with Crippen LogP contribution in [0.25, 0.3) is 16.6 Å². The molecule has 1 heterocycles. The Morgan fingerprint density at radius 2 is 1.61 bits per heavy atom. The van der Waals surface area contributed by atoms with E-state index in [9.17, 15) is 14.3 Å². The lowest BCUT2D eigenvalue weighted by Crippen LogP contribution is -2.24. The zero-order chi connectivity index (χ0) is 29.0. The maximum Gasteiger partial charge on any atom is 0.335 e. The van der Waals surface area contributed by atoms with Gasteiger partial charge < -0.3 is 14.4 Å². The van der Waals surface area contributed by atoms with Gasteiger partial charge in [-0.25, -0.2) is 9.18 Å². The SMILES string of the molecule is CSCCC(C)(C)c1c(Cc2ccc(C(=O)O)cc2)c2c(OCc3ccccc3)cccc2n1-c1ccc(F)cc1. The van der Waals surface area contributed by atoms with Crippen molar-refractivity contribution in [3.8, 4) is 11.4 Å². The number of hydrogen-bond acceptors (Lipinski definition) is 3. The van der Waals surface area contributed by atoms with Crippen LogP contribution in [0, 0.1) is 5.82 Å². The van der Waals surface area contributed by atoms with Crippen molar-refractivity contribution in [1.82, 2.24) is 4.57 Å². The van der Waals surface area contributed by atoms with E-state index in [1.165, 1.54) is 12.1 Å². The fourth-order valence-corrected chi connectivity index (χ4v) is 6.14. The van der Waals surface area contributed by atoms with E-state index < -0.39 is 5.97 Å². The fraction of sp³-hybridized carbons (Fsp3) is 0.229. The number of rotatable bonds is 11. The van der Waals surface area contributed by atoms with Crippen molar-refractivity contribution in [2.75, 3.05) is 12.0 Å². The summed E-state index contributed by atoms with van der Waals surface area (Å²) in [5.74, 6) is 0.549. The van der Waals surface area contributed by atoms with Crippen molar-refractivity contribution in [1.29, 1.82) is 0 Å². The molecule has 1 N–H and O–H groups in total. The molecule has 5 aromatic rings. The van der Waals surface area contributed by atoms with Gasteiger partial charge in [0.05, 0.1) is 11.1 Å². The molecule has 0 aliphatic rings. The third-order valence-corrected chi connectivity index (χ3v) is 8.14. The molecule has 6 heteroatoms. The number of nitrogens with zero attached hydrogens (tertiary/aromatic N) is 1. The largest absolute Gasteiger partial charge is 0.488 e. The average molecular weight is 568 g/mol. The number of carboxylic acids is 1. The van der Waals surface area contributed by atoms with Gasteiger partial charge >= 0.3 is 5.97 Å². The molecule has 0 saturated heterocycles. The van der Waals surface area contributed by atoms with Crippen molar-refractivity contribution < 1.29 is 19.0 Å². The molecule has 41 heavy (non-hydrogen) atoms. The third kappa shape index (κ3) is 6.18. The summed E-state index contributed by atoms with van der Waals surface area (Å²) < 4.78 is 22.8. The van der Waals surface area contributed by atoms with Crippen molar-refractivity contribution in [3.63, 3.8) is 0 Å². The fourth-order valence-electron chi connectivity index (χ4n) is 5.43. The molecule has 4 nitrogen and oxygen atoms in total. The lowest BCUT2D eigenvalue weighted by molar-refractivity contribution is 0.0697. The number of ether oxygens (including phenoxy) is 1. The molecule has 0 unspecified atom stereocenters. The molecule has 0 radical (unpaired) electrons. The quantitative estimate of drug-likeness (QED) is 0.174. The Bertz CT molecular complexity index is 1640. The van der Waals surface area contributed by atoms with Crippen LogP contribution in [-0.2, 0) is 18.4 Å². The van der Waals surface area contributed by atoms with Crippen LogP contribution in [0.3, 0.4) is 0 Å². The second kappa shape index (κ2) is 12.2. The van der Waals surface area contributed by atoms with Crippen molar-refractivity contribution in [2.24, 2.45) is 0 Å². The zero-order valence-electron chi connectivity index (χ0n) is 23.6. The molecule has 0 saturated carbocycles. The van der Waals surface area contributed by atoms with E-state index in [1.54, 1.807) is 12.1 Å². The molecule has 1 aromatic heterocycles. The van der Waals surface area contributed by atoms with E-state index in [2.05, 4.69) is 30.7 Å². The highest BCUT2D eigenvalue weighted by molar-refractivity contribution is 7.98. The van der Waals surface area contributed by atoms with Crippen LogP contribution in [0.4, 0.5) is 4.39 Å². The molecule has 0 fully saturated rings. The number of hydrogen-bond donors (Lipinski definition) is 1. The zero-order valence-corrected chi connectivity index (χ0v) is 24.4. The molecule has 0 aliphatic carbocycles. The van der Waals surface area contributed by atoms with Crippen molar-refractivity contribution >= 4 is 28.6 Å². The van der Waals surface area contributed by atoms with E-state index in [1.807, 2.05) is 78.5 Å². The number of halogens is 1. The summed E-state index contributed by atoms with van der Waals surface area (Å²) in [7, 11) is 0. The van der Waals surface area contributed by atoms with Crippen LogP contribution < -0.4 is 4.74 Å². The maximum absolute atomic E-state index is 14.1. The van der Waals surface area contributed by atoms with Crippen LogP contribution in [0.2, 0.25) is 0 Å². The predicted molar refractivity (Wildman–Crippen MR) is 166 cm³/mol. The first-order valence-electron chi connectivity index (χ1n) is 13.7. The number of fused-ring (bicyclic) bond motifs is 1. The third-order valence-electron chi connectivity index (χ3n) is 7.53. The second-order valence-corrected chi connectivity index (χ2v) is 11.9. The van der Waals surface area contributed by atoms with Gasteiger partial charge in [-0.2, -0.15) is 11.8 Å². The molecule has 0 aliphatic heterocycles. The summed E-state index contributed by atoms with van der Waals surface area (Å²) in [6.45, 7) is 4.96. The lowest BCUT2D eigenvalue weighted by atomic mass is 9.82. The normalized spacial score (nSPS) is 11.6. The van der Waals surface area contributed by atoms with Gasteiger partial charge in [0.15, 0.2) is 0 Å².